The first-order valence-corrected chi connectivity index (χ1v) is 5.92. The van der Waals surface area contributed by atoms with Crippen molar-refractivity contribution in [2.45, 2.75) is 6.92 Å². The van der Waals surface area contributed by atoms with Crippen LogP contribution in [0.3, 0.4) is 0 Å². The lowest BCUT2D eigenvalue weighted by Gasteiger charge is -1.94. The predicted octanol–water partition coefficient (Wildman–Crippen LogP) is 3.72. The van der Waals surface area contributed by atoms with E-state index in [-0.39, 0.29) is 0 Å². The Bertz CT molecular complexity index is 631. The molecule has 0 saturated carbocycles. The van der Waals surface area contributed by atoms with Crippen LogP contribution in [-0.2, 0) is 0 Å². The summed E-state index contributed by atoms with van der Waals surface area (Å²) in [6.07, 6.45) is 7.08. The summed E-state index contributed by atoms with van der Waals surface area (Å²) in [6, 6.07) is 10.3. The summed E-state index contributed by atoms with van der Waals surface area (Å²) in [5.41, 5.74) is 1.50. The van der Waals surface area contributed by atoms with Gasteiger partial charge in [-0.15, -0.1) is 14.6 Å². The third kappa shape index (κ3) is 1.74. The maximum atomic E-state index is 8.84. The molecule has 76 valence electrons. The van der Waals surface area contributed by atoms with Crippen molar-refractivity contribution in [2.24, 2.45) is 0 Å². The second kappa shape index (κ2) is 4.28. The molecule has 0 aliphatic heterocycles. The SMILES string of the molecule is C#C/C(C#N)=C\c1c(C)[pH]c2ccccc12. The summed E-state index contributed by atoms with van der Waals surface area (Å²) in [5, 5.41) is 12.7. The largest absolute Gasteiger partial charge is 0.192 e. The summed E-state index contributed by atoms with van der Waals surface area (Å²) in [7, 11) is 0.693. The third-order valence-electron chi connectivity index (χ3n) is 2.51. The van der Waals surface area contributed by atoms with Gasteiger partial charge in [-0.05, 0) is 34.4 Å². The van der Waals surface area contributed by atoms with Crippen molar-refractivity contribution >= 4 is 24.8 Å². The van der Waals surface area contributed by atoms with Crippen LogP contribution in [0.15, 0.2) is 29.8 Å². The van der Waals surface area contributed by atoms with Gasteiger partial charge in [0, 0.05) is 0 Å². The van der Waals surface area contributed by atoms with Crippen LogP contribution in [0.4, 0.5) is 0 Å². The molecule has 0 bridgehead atoms. The number of nitriles is 1. The summed E-state index contributed by atoms with van der Waals surface area (Å²) in [6.45, 7) is 2.09. The molecule has 0 radical (unpaired) electrons. The van der Waals surface area contributed by atoms with E-state index in [2.05, 4.69) is 25.0 Å². The van der Waals surface area contributed by atoms with Crippen molar-refractivity contribution in [3.05, 3.63) is 40.7 Å². The van der Waals surface area contributed by atoms with Gasteiger partial charge in [-0.25, -0.2) is 0 Å². The average molecular weight is 223 g/mol. The number of fused-ring (bicyclic) bond motifs is 1. The van der Waals surface area contributed by atoms with Crippen molar-refractivity contribution in [3.63, 3.8) is 0 Å². The van der Waals surface area contributed by atoms with Gasteiger partial charge >= 0.3 is 0 Å². The first kappa shape index (κ1) is 10.6. The van der Waals surface area contributed by atoms with Gasteiger partial charge in [0.15, 0.2) is 0 Å². The van der Waals surface area contributed by atoms with Gasteiger partial charge in [0.1, 0.15) is 11.6 Å². The fourth-order valence-corrected chi connectivity index (χ4v) is 3.01. The molecule has 0 fully saturated rings. The van der Waals surface area contributed by atoms with Crippen LogP contribution < -0.4 is 0 Å². The fourth-order valence-electron chi connectivity index (χ4n) is 1.73. The molecule has 0 amide bonds. The fraction of sp³-hybridized carbons (Fsp3) is 0.0714. The van der Waals surface area contributed by atoms with E-state index >= 15 is 0 Å². The smallest absolute Gasteiger partial charge is 0.108 e. The Balaban J connectivity index is 2.71. The minimum atomic E-state index is 0.385. The Labute approximate surface area is 96.5 Å². The number of allylic oxidation sites excluding steroid dienone is 1. The normalized spacial score (nSPS) is 11.6. The number of benzene rings is 1. The highest BCUT2D eigenvalue weighted by Gasteiger charge is 2.05. The quantitative estimate of drug-likeness (QED) is 0.534. The van der Waals surface area contributed by atoms with Gasteiger partial charge in [-0.3, -0.25) is 0 Å². The highest BCUT2D eigenvalue weighted by molar-refractivity contribution is 7.38. The molecule has 0 spiro atoms. The van der Waals surface area contributed by atoms with E-state index in [1.165, 1.54) is 15.8 Å². The maximum absolute atomic E-state index is 8.84. The van der Waals surface area contributed by atoms with Gasteiger partial charge in [0.25, 0.3) is 0 Å². The van der Waals surface area contributed by atoms with Crippen LogP contribution in [-0.4, -0.2) is 0 Å². The van der Waals surface area contributed by atoms with Crippen molar-refractivity contribution in [1.82, 2.24) is 0 Å². The number of nitrogens with zero attached hydrogens (tertiary/aromatic N) is 1. The van der Waals surface area contributed by atoms with Gasteiger partial charge in [0.2, 0.25) is 0 Å². The summed E-state index contributed by atoms with van der Waals surface area (Å²) >= 11 is 0. The van der Waals surface area contributed by atoms with Gasteiger partial charge < -0.3 is 0 Å². The summed E-state index contributed by atoms with van der Waals surface area (Å²) < 4.78 is 0. The predicted molar refractivity (Wildman–Crippen MR) is 70.6 cm³/mol. The molecule has 1 aromatic carbocycles. The monoisotopic (exact) mass is 223 g/mol. The number of terminal acetylenes is 1. The molecule has 1 nitrogen and oxygen atoms in total. The number of hydrogen-bond acceptors (Lipinski definition) is 1. The third-order valence-corrected chi connectivity index (χ3v) is 3.86. The highest BCUT2D eigenvalue weighted by Crippen LogP contribution is 2.35. The van der Waals surface area contributed by atoms with Gasteiger partial charge in [-0.1, -0.05) is 30.2 Å². The summed E-state index contributed by atoms with van der Waals surface area (Å²) in [4.78, 5) is 0. The Kier molecular flexibility index (Phi) is 2.82. The number of aryl methyl sites for hydroxylation is 1. The van der Waals surface area contributed by atoms with E-state index in [0.717, 1.165) is 5.56 Å². The number of hydrogen-bond donors (Lipinski definition) is 0. The van der Waals surface area contributed by atoms with Gasteiger partial charge in [0.05, 0.1) is 0 Å². The molecule has 2 rings (SSSR count). The van der Waals surface area contributed by atoms with Crippen LogP contribution in [0.25, 0.3) is 16.6 Å². The molecule has 0 N–H and O–H groups in total. The van der Waals surface area contributed by atoms with Crippen molar-refractivity contribution in [3.8, 4) is 18.4 Å². The van der Waals surface area contributed by atoms with Crippen LogP contribution in [0.1, 0.15) is 10.9 Å². The van der Waals surface area contributed by atoms with E-state index in [0.29, 0.717) is 13.8 Å². The molecule has 16 heavy (non-hydrogen) atoms. The zero-order valence-electron chi connectivity index (χ0n) is 8.91. The molecule has 0 saturated heterocycles. The van der Waals surface area contributed by atoms with E-state index in [9.17, 15) is 0 Å². The Hall–Kier alpha value is -1.95. The molecule has 1 unspecified atom stereocenters. The average Bonchev–Trinajstić information content (AvgIpc) is 2.62. The first-order valence-electron chi connectivity index (χ1n) is 4.92. The summed E-state index contributed by atoms with van der Waals surface area (Å²) in [5.74, 6) is 2.40. The standard InChI is InChI=1S/C14H10NP/c1-3-11(9-15)8-13-10(2)16-14-7-5-4-6-12(13)14/h1,4-8,16H,2H3/b11-8+. The molecule has 0 aliphatic carbocycles. The molecule has 2 aromatic rings. The number of rotatable bonds is 1. The second-order valence-corrected chi connectivity index (χ2v) is 5.06. The highest BCUT2D eigenvalue weighted by atomic mass is 31.0. The lowest BCUT2D eigenvalue weighted by atomic mass is 10.1. The van der Waals surface area contributed by atoms with E-state index in [4.69, 9.17) is 11.7 Å². The van der Waals surface area contributed by atoms with E-state index in [1.54, 1.807) is 0 Å². The molecule has 2 heteroatoms. The topological polar surface area (TPSA) is 23.8 Å². The van der Waals surface area contributed by atoms with E-state index < -0.39 is 0 Å². The second-order valence-electron chi connectivity index (χ2n) is 3.52. The zero-order chi connectivity index (χ0) is 11.5. The lowest BCUT2D eigenvalue weighted by Crippen LogP contribution is -1.76. The van der Waals surface area contributed by atoms with Crippen LogP contribution >= 0.6 is 8.19 Å². The minimum Gasteiger partial charge on any atom is -0.192 e. The molecular weight excluding hydrogens is 213 g/mol. The Morgan fingerprint density at radius 1 is 1.44 bits per heavy atom. The minimum absolute atomic E-state index is 0.385. The van der Waals surface area contributed by atoms with Crippen LogP contribution in [0, 0.1) is 30.6 Å². The van der Waals surface area contributed by atoms with Crippen molar-refractivity contribution in [1.29, 1.82) is 5.26 Å². The van der Waals surface area contributed by atoms with Crippen LogP contribution in [0.2, 0.25) is 0 Å². The molecule has 0 aliphatic rings. The van der Waals surface area contributed by atoms with Crippen molar-refractivity contribution < 1.29 is 0 Å². The molecular formula is C14H10NP. The maximum Gasteiger partial charge on any atom is 0.108 e. The lowest BCUT2D eigenvalue weighted by molar-refractivity contribution is 1.51. The zero-order valence-corrected chi connectivity index (χ0v) is 9.91. The molecule has 1 aromatic heterocycles. The van der Waals surface area contributed by atoms with Crippen LogP contribution in [0.5, 0.6) is 0 Å². The van der Waals surface area contributed by atoms with E-state index in [1.807, 2.05) is 24.3 Å². The molecule has 1 atom stereocenters. The Morgan fingerprint density at radius 2 is 2.19 bits per heavy atom. The first-order chi connectivity index (χ1) is 7.76. The molecule has 1 heterocycles. The van der Waals surface area contributed by atoms with Gasteiger partial charge in [-0.2, -0.15) is 5.26 Å². The Morgan fingerprint density at radius 3 is 2.88 bits per heavy atom. The van der Waals surface area contributed by atoms with Crippen molar-refractivity contribution in [2.75, 3.05) is 0 Å².